The zero-order chi connectivity index (χ0) is 15.5. The van der Waals surface area contributed by atoms with Gasteiger partial charge in [0.2, 0.25) is 0 Å². The number of ether oxygens (including phenoxy) is 4. The normalized spacial score (nSPS) is 10.2. The fourth-order valence-corrected chi connectivity index (χ4v) is 1.85. The Labute approximate surface area is 131 Å². The minimum atomic E-state index is 0.513. The molecule has 0 atom stereocenters. The van der Waals surface area contributed by atoms with Crippen LogP contribution in [0.5, 0.6) is 17.2 Å². The molecule has 0 saturated carbocycles. The lowest BCUT2D eigenvalue weighted by molar-refractivity contribution is 0.0764. The van der Waals surface area contributed by atoms with Crippen LogP contribution in [0.2, 0.25) is 0 Å². The maximum absolute atomic E-state index is 5.58. The van der Waals surface area contributed by atoms with Crippen LogP contribution in [-0.4, -0.2) is 33.0 Å². The van der Waals surface area contributed by atoms with E-state index in [2.05, 4.69) is 0 Å². The van der Waals surface area contributed by atoms with Gasteiger partial charge in [-0.2, -0.15) is 0 Å². The minimum Gasteiger partial charge on any atom is -0.494 e. The second-order valence-corrected chi connectivity index (χ2v) is 4.53. The second-order valence-electron chi connectivity index (χ2n) is 4.53. The SMILES string of the molecule is CCOc1ccc(OCCOCCOc2ccccc2)cc1. The van der Waals surface area contributed by atoms with Crippen LogP contribution < -0.4 is 14.2 Å². The summed E-state index contributed by atoms with van der Waals surface area (Å²) >= 11 is 0. The van der Waals surface area contributed by atoms with Gasteiger partial charge in [0.1, 0.15) is 30.5 Å². The Kier molecular flexibility index (Phi) is 7.12. The average Bonchev–Trinajstić information content (AvgIpc) is 2.57. The predicted octanol–water partition coefficient (Wildman–Crippen LogP) is 3.56. The third-order valence-electron chi connectivity index (χ3n) is 2.87. The minimum absolute atomic E-state index is 0.513. The van der Waals surface area contributed by atoms with Gasteiger partial charge in [-0.05, 0) is 43.3 Å². The van der Waals surface area contributed by atoms with Crippen LogP contribution in [0.4, 0.5) is 0 Å². The first-order valence-electron chi connectivity index (χ1n) is 7.49. The highest BCUT2D eigenvalue weighted by molar-refractivity contribution is 5.31. The van der Waals surface area contributed by atoms with Gasteiger partial charge in [0.05, 0.1) is 19.8 Å². The topological polar surface area (TPSA) is 36.9 Å². The van der Waals surface area contributed by atoms with Crippen LogP contribution in [0, 0.1) is 0 Å². The summed E-state index contributed by atoms with van der Waals surface area (Å²) in [5, 5.41) is 0. The zero-order valence-corrected chi connectivity index (χ0v) is 12.9. The van der Waals surface area contributed by atoms with Crippen molar-refractivity contribution in [2.75, 3.05) is 33.0 Å². The summed E-state index contributed by atoms with van der Waals surface area (Å²) in [4.78, 5) is 0. The number of rotatable bonds is 10. The van der Waals surface area contributed by atoms with Crippen molar-refractivity contribution in [3.63, 3.8) is 0 Å². The molecule has 0 aromatic heterocycles. The third kappa shape index (κ3) is 6.06. The first-order chi connectivity index (χ1) is 10.9. The van der Waals surface area contributed by atoms with Crippen molar-refractivity contribution in [2.24, 2.45) is 0 Å². The van der Waals surface area contributed by atoms with Crippen molar-refractivity contribution >= 4 is 0 Å². The molecule has 2 aromatic carbocycles. The molecular weight excluding hydrogens is 280 g/mol. The van der Waals surface area contributed by atoms with E-state index in [1.165, 1.54) is 0 Å². The lowest BCUT2D eigenvalue weighted by Crippen LogP contribution is -2.12. The van der Waals surface area contributed by atoms with E-state index >= 15 is 0 Å². The predicted molar refractivity (Wildman–Crippen MR) is 85.9 cm³/mol. The van der Waals surface area contributed by atoms with Gasteiger partial charge in [-0.15, -0.1) is 0 Å². The Bertz CT molecular complexity index is 510. The molecule has 4 heteroatoms. The lowest BCUT2D eigenvalue weighted by Gasteiger charge is -2.09. The molecule has 2 rings (SSSR count). The summed E-state index contributed by atoms with van der Waals surface area (Å²) in [5.74, 6) is 2.52. The highest BCUT2D eigenvalue weighted by Gasteiger charge is 1.96. The van der Waals surface area contributed by atoms with Gasteiger partial charge in [0, 0.05) is 0 Å². The Morgan fingerprint density at radius 1 is 0.591 bits per heavy atom. The molecule has 0 aliphatic carbocycles. The van der Waals surface area contributed by atoms with E-state index in [0.717, 1.165) is 17.2 Å². The Balaban J connectivity index is 1.52. The van der Waals surface area contributed by atoms with Crippen molar-refractivity contribution in [3.8, 4) is 17.2 Å². The maximum atomic E-state index is 5.58. The van der Waals surface area contributed by atoms with Crippen molar-refractivity contribution in [1.29, 1.82) is 0 Å². The van der Waals surface area contributed by atoms with E-state index < -0.39 is 0 Å². The molecule has 2 aromatic rings. The van der Waals surface area contributed by atoms with Crippen molar-refractivity contribution in [2.45, 2.75) is 6.92 Å². The standard InChI is InChI=1S/C18H22O4/c1-2-20-17-8-10-18(11-9-17)22-15-13-19-12-14-21-16-6-4-3-5-7-16/h3-11H,2,12-15H2,1H3. The van der Waals surface area contributed by atoms with Crippen LogP contribution >= 0.6 is 0 Å². The van der Waals surface area contributed by atoms with Crippen LogP contribution in [0.1, 0.15) is 6.92 Å². The van der Waals surface area contributed by atoms with E-state index in [1.807, 2.05) is 61.5 Å². The molecule has 4 nitrogen and oxygen atoms in total. The molecule has 0 aliphatic rings. The molecular formula is C18H22O4. The summed E-state index contributed by atoms with van der Waals surface area (Å²) in [6.45, 7) is 4.75. The summed E-state index contributed by atoms with van der Waals surface area (Å²) in [6, 6.07) is 17.3. The monoisotopic (exact) mass is 302 g/mol. The molecule has 0 amide bonds. The summed E-state index contributed by atoms with van der Waals surface area (Å²) in [6.07, 6.45) is 0. The van der Waals surface area contributed by atoms with Gasteiger partial charge in [0.15, 0.2) is 0 Å². The lowest BCUT2D eigenvalue weighted by atomic mass is 10.3. The van der Waals surface area contributed by atoms with Crippen molar-refractivity contribution in [3.05, 3.63) is 54.6 Å². The van der Waals surface area contributed by atoms with E-state index in [0.29, 0.717) is 33.0 Å². The van der Waals surface area contributed by atoms with E-state index in [9.17, 15) is 0 Å². The van der Waals surface area contributed by atoms with E-state index in [1.54, 1.807) is 0 Å². The summed E-state index contributed by atoms with van der Waals surface area (Å²) in [5.41, 5.74) is 0. The number of hydrogen-bond donors (Lipinski definition) is 0. The first kappa shape index (κ1) is 16.2. The summed E-state index contributed by atoms with van der Waals surface area (Å²) < 4.78 is 21.9. The molecule has 0 saturated heterocycles. The smallest absolute Gasteiger partial charge is 0.119 e. The molecule has 0 spiro atoms. The Morgan fingerprint density at radius 3 is 1.64 bits per heavy atom. The van der Waals surface area contributed by atoms with Gasteiger partial charge in [-0.25, -0.2) is 0 Å². The van der Waals surface area contributed by atoms with Gasteiger partial charge in [-0.1, -0.05) is 18.2 Å². The number of benzene rings is 2. The number of hydrogen-bond acceptors (Lipinski definition) is 4. The largest absolute Gasteiger partial charge is 0.494 e. The Hall–Kier alpha value is -2.20. The second kappa shape index (κ2) is 9.68. The molecule has 0 heterocycles. The Morgan fingerprint density at radius 2 is 1.09 bits per heavy atom. The number of para-hydroxylation sites is 1. The van der Waals surface area contributed by atoms with Crippen LogP contribution in [0.25, 0.3) is 0 Å². The molecule has 118 valence electrons. The maximum Gasteiger partial charge on any atom is 0.119 e. The van der Waals surface area contributed by atoms with E-state index in [-0.39, 0.29) is 0 Å². The van der Waals surface area contributed by atoms with Crippen LogP contribution in [0.15, 0.2) is 54.6 Å². The van der Waals surface area contributed by atoms with Gasteiger partial charge >= 0.3 is 0 Å². The molecule has 0 radical (unpaired) electrons. The third-order valence-corrected chi connectivity index (χ3v) is 2.87. The molecule has 0 aliphatic heterocycles. The van der Waals surface area contributed by atoms with Gasteiger partial charge in [0.25, 0.3) is 0 Å². The van der Waals surface area contributed by atoms with Crippen LogP contribution in [-0.2, 0) is 4.74 Å². The fraction of sp³-hybridized carbons (Fsp3) is 0.333. The van der Waals surface area contributed by atoms with E-state index in [4.69, 9.17) is 18.9 Å². The first-order valence-corrected chi connectivity index (χ1v) is 7.49. The fourth-order valence-electron chi connectivity index (χ4n) is 1.85. The summed E-state index contributed by atoms with van der Waals surface area (Å²) in [7, 11) is 0. The zero-order valence-electron chi connectivity index (χ0n) is 12.9. The highest BCUT2D eigenvalue weighted by atomic mass is 16.5. The van der Waals surface area contributed by atoms with Crippen molar-refractivity contribution < 1.29 is 18.9 Å². The molecule has 0 bridgehead atoms. The molecule has 0 fully saturated rings. The average molecular weight is 302 g/mol. The van der Waals surface area contributed by atoms with Gasteiger partial charge in [-0.3, -0.25) is 0 Å². The molecule has 0 unspecified atom stereocenters. The molecule has 0 N–H and O–H groups in total. The van der Waals surface area contributed by atoms with Crippen LogP contribution in [0.3, 0.4) is 0 Å². The highest BCUT2D eigenvalue weighted by Crippen LogP contribution is 2.17. The van der Waals surface area contributed by atoms with Gasteiger partial charge < -0.3 is 18.9 Å². The quantitative estimate of drug-likeness (QED) is 0.629. The van der Waals surface area contributed by atoms with Crippen molar-refractivity contribution in [1.82, 2.24) is 0 Å². The molecule has 22 heavy (non-hydrogen) atoms.